The average Bonchev–Trinajstić information content (AvgIpc) is 2.49. The van der Waals surface area contributed by atoms with Gasteiger partial charge in [-0.1, -0.05) is 12.2 Å². The zero-order chi connectivity index (χ0) is 10.6. The normalized spacial score (nSPS) is 20.9. The topological polar surface area (TPSA) is 38.3 Å². The molecule has 1 aliphatic carbocycles. The van der Waals surface area contributed by atoms with E-state index in [0.29, 0.717) is 12.5 Å². The van der Waals surface area contributed by atoms with Crippen molar-refractivity contribution in [2.24, 2.45) is 5.92 Å². The van der Waals surface area contributed by atoms with Crippen LogP contribution < -0.4 is 5.32 Å². The van der Waals surface area contributed by atoms with E-state index in [1.807, 2.05) is 20.8 Å². The SMILES string of the molecule is CC(C)(C)OC(=O)NC[C@@H]1C=CCC1. The molecule has 1 aliphatic rings. The lowest BCUT2D eigenvalue weighted by molar-refractivity contribution is 0.0522. The van der Waals surface area contributed by atoms with E-state index in [1.165, 1.54) is 0 Å². The molecule has 0 bridgehead atoms. The van der Waals surface area contributed by atoms with Crippen molar-refractivity contribution in [2.45, 2.75) is 39.2 Å². The van der Waals surface area contributed by atoms with Crippen LogP contribution in [-0.4, -0.2) is 18.2 Å². The molecular formula is C11H19NO2. The first kappa shape index (κ1) is 11.1. The summed E-state index contributed by atoms with van der Waals surface area (Å²) in [6.07, 6.45) is 6.24. The number of carbonyl (C=O) groups excluding carboxylic acids is 1. The molecule has 0 saturated carbocycles. The van der Waals surface area contributed by atoms with Gasteiger partial charge in [0.15, 0.2) is 0 Å². The molecular weight excluding hydrogens is 178 g/mol. The minimum atomic E-state index is -0.407. The van der Waals surface area contributed by atoms with Crippen molar-refractivity contribution < 1.29 is 9.53 Å². The van der Waals surface area contributed by atoms with Gasteiger partial charge in [0.2, 0.25) is 0 Å². The van der Waals surface area contributed by atoms with Gasteiger partial charge in [-0.25, -0.2) is 4.79 Å². The first-order valence-electron chi connectivity index (χ1n) is 5.11. The Bertz CT molecular complexity index is 228. The summed E-state index contributed by atoms with van der Waals surface area (Å²) in [6, 6.07) is 0. The van der Waals surface area contributed by atoms with Crippen LogP contribution in [0.15, 0.2) is 12.2 Å². The third kappa shape index (κ3) is 4.30. The largest absolute Gasteiger partial charge is 0.444 e. The Hall–Kier alpha value is -0.990. The lowest BCUT2D eigenvalue weighted by Gasteiger charge is -2.20. The van der Waals surface area contributed by atoms with Gasteiger partial charge in [0.05, 0.1) is 0 Å². The Kier molecular flexibility index (Phi) is 3.55. The molecule has 0 aromatic rings. The van der Waals surface area contributed by atoms with Gasteiger partial charge in [0.25, 0.3) is 0 Å². The molecule has 0 heterocycles. The number of carbonyl (C=O) groups is 1. The zero-order valence-corrected chi connectivity index (χ0v) is 9.17. The summed E-state index contributed by atoms with van der Waals surface area (Å²) in [5, 5.41) is 2.77. The van der Waals surface area contributed by atoms with Crippen LogP contribution in [0.1, 0.15) is 33.6 Å². The highest BCUT2D eigenvalue weighted by Gasteiger charge is 2.17. The van der Waals surface area contributed by atoms with E-state index in [0.717, 1.165) is 12.8 Å². The van der Waals surface area contributed by atoms with Crippen molar-refractivity contribution in [2.75, 3.05) is 6.54 Å². The standard InChI is InChI=1S/C11H19NO2/c1-11(2,3)14-10(13)12-8-9-6-4-5-7-9/h4,6,9H,5,7-8H2,1-3H3,(H,12,13)/t9-/m1/s1. The summed E-state index contributed by atoms with van der Waals surface area (Å²) in [5.74, 6) is 0.488. The van der Waals surface area contributed by atoms with E-state index in [1.54, 1.807) is 0 Å². The van der Waals surface area contributed by atoms with Crippen molar-refractivity contribution in [1.82, 2.24) is 5.32 Å². The fraction of sp³-hybridized carbons (Fsp3) is 0.727. The van der Waals surface area contributed by atoms with E-state index in [4.69, 9.17) is 4.74 Å². The first-order valence-corrected chi connectivity index (χ1v) is 5.11. The molecule has 14 heavy (non-hydrogen) atoms. The summed E-state index contributed by atoms with van der Waals surface area (Å²) in [7, 11) is 0. The number of amides is 1. The van der Waals surface area contributed by atoms with Gasteiger partial charge >= 0.3 is 6.09 Å². The number of nitrogens with one attached hydrogen (secondary N) is 1. The van der Waals surface area contributed by atoms with Crippen molar-refractivity contribution in [3.63, 3.8) is 0 Å². The molecule has 0 aliphatic heterocycles. The van der Waals surface area contributed by atoms with Crippen molar-refractivity contribution in [3.05, 3.63) is 12.2 Å². The van der Waals surface area contributed by atoms with E-state index in [-0.39, 0.29) is 6.09 Å². The minimum Gasteiger partial charge on any atom is -0.444 e. The van der Waals surface area contributed by atoms with Gasteiger partial charge < -0.3 is 10.1 Å². The Balaban J connectivity index is 2.18. The van der Waals surface area contributed by atoms with Crippen molar-refractivity contribution in [1.29, 1.82) is 0 Å². The lowest BCUT2D eigenvalue weighted by atomic mass is 10.1. The van der Waals surface area contributed by atoms with Gasteiger partial charge in [-0.05, 0) is 39.5 Å². The maximum atomic E-state index is 11.3. The van der Waals surface area contributed by atoms with E-state index in [9.17, 15) is 4.79 Å². The van der Waals surface area contributed by atoms with Crippen LogP contribution in [0.4, 0.5) is 4.79 Å². The zero-order valence-electron chi connectivity index (χ0n) is 9.17. The number of ether oxygens (including phenoxy) is 1. The molecule has 0 aromatic carbocycles. The Morgan fingerprint density at radius 3 is 2.79 bits per heavy atom. The quantitative estimate of drug-likeness (QED) is 0.691. The fourth-order valence-corrected chi connectivity index (χ4v) is 1.39. The molecule has 0 spiro atoms. The number of alkyl carbamates (subject to hydrolysis) is 1. The lowest BCUT2D eigenvalue weighted by Crippen LogP contribution is -2.34. The van der Waals surface area contributed by atoms with Crippen LogP contribution in [0, 0.1) is 5.92 Å². The Morgan fingerprint density at radius 1 is 1.57 bits per heavy atom. The second-order valence-corrected chi connectivity index (χ2v) is 4.65. The van der Waals surface area contributed by atoms with Crippen LogP contribution in [0.5, 0.6) is 0 Å². The smallest absolute Gasteiger partial charge is 0.407 e. The molecule has 0 aromatic heterocycles. The molecule has 1 amide bonds. The molecule has 0 radical (unpaired) electrons. The molecule has 3 heteroatoms. The molecule has 3 nitrogen and oxygen atoms in total. The molecule has 0 fully saturated rings. The molecule has 1 N–H and O–H groups in total. The predicted octanol–water partition coefficient (Wildman–Crippen LogP) is 2.48. The van der Waals surface area contributed by atoms with Crippen LogP contribution in [-0.2, 0) is 4.74 Å². The van der Waals surface area contributed by atoms with Gasteiger partial charge in [0.1, 0.15) is 5.60 Å². The van der Waals surface area contributed by atoms with Crippen molar-refractivity contribution in [3.8, 4) is 0 Å². The van der Waals surface area contributed by atoms with Crippen LogP contribution >= 0.6 is 0 Å². The van der Waals surface area contributed by atoms with E-state index in [2.05, 4.69) is 17.5 Å². The van der Waals surface area contributed by atoms with Gasteiger partial charge in [-0.15, -0.1) is 0 Å². The fourth-order valence-electron chi connectivity index (χ4n) is 1.39. The van der Waals surface area contributed by atoms with Gasteiger partial charge in [-0.3, -0.25) is 0 Å². The highest BCUT2D eigenvalue weighted by molar-refractivity contribution is 5.67. The van der Waals surface area contributed by atoms with Crippen LogP contribution in [0.25, 0.3) is 0 Å². The first-order chi connectivity index (χ1) is 6.47. The molecule has 1 atom stereocenters. The minimum absolute atomic E-state index is 0.321. The van der Waals surface area contributed by atoms with Gasteiger partial charge in [0, 0.05) is 6.54 Å². The van der Waals surface area contributed by atoms with Crippen molar-refractivity contribution >= 4 is 6.09 Å². The highest BCUT2D eigenvalue weighted by atomic mass is 16.6. The monoisotopic (exact) mass is 197 g/mol. The average molecular weight is 197 g/mol. The van der Waals surface area contributed by atoms with Crippen LogP contribution in [0.3, 0.4) is 0 Å². The Labute approximate surface area is 85.5 Å². The second-order valence-electron chi connectivity index (χ2n) is 4.65. The maximum Gasteiger partial charge on any atom is 0.407 e. The third-order valence-electron chi connectivity index (χ3n) is 2.02. The van der Waals surface area contributed by atoms with E-state index >= 15 is 0 Å². The molecule has 0 saturated heterocycles. The summed E-state index contributed by atoms with van der Waals surface area (Å²) < 4.78 is 5.12. The number of rotatable bonds is 2. The second kappa shape index (κ2) is 4.49. The molecule has 1 rings (SSSR count). The third-order valence-corrected chi connectivity index (χ3v) is 2.02. The number of allylic oxidation sites excluding steroid dienone is 1. The maximum absolute atomic E-state index is 11.3. The van der Waals surface area contributed by atoms with E-state index < -0.39 is 5.60 Å². The molecule has 0 unspecified atom stereocenters. The predicted molar refractivity (Wildman–Crippen MR) is 56.1 cm³/mol. The van der Waals surface area contributed by atoms with Crippen LogP contribution in [0.2, 0.25) is 0 Å². The summed E-state index contributed by atoms with van der Waals surface area (Å²) in [4.78, 5) is 11.3. The van der Waals surface area contributed by atoms with Gasteiger partial charge in [-0.2, -0.15) is 0 Å². The molecule has 80 valence electrons. The number of hydrogen-bond acceptors (Lipinski definition) is 2. The summed E-state index contributed by atoms with van der Waals surface area (Å²) in [5.41, 5.74) is -0.407. The summed E-state index contributed by atoms with van der Waals surface area (Å²) in [6.45, 7) is 6.28. The summed E-state index contributed by atoms with van der Waals surface area (Å²) >= 11 is 0. The number of hydrogen-bond donors (Lipinski definition) is 1. The highest BCUT2D eigenvalue weighted by Crippen LogP contribution is 2.15. The Morgan fingerprint density at radius 2 is 2.29 bits per heavy atom.